The number of aromatic nitrogens is 4. The Labute approximate surface area is 283 Å². The molecule has 3 atom stereocenters. The molecule has 2 aliphatic heterocycles. The molecule has 0 spiro atoms. The highest BCUT2D eigenvalue weighted by Crippen LogP contribution is 2.40. The summed E-state index contributed by atoms with van der Waals surface area (Å²) >= 11 is 6.53. The second-order valence-electron chi connectivity index (χ2n) is 13.6. The van der Waals surface area contributed by atoms with E-state index >= 15 is 0 Å². The molecular weight excluding hydrogens is 635 g/mol. The number of piperazine rings is 1. The number of anilines is 2. The number of rotatable bonds is 6. The fourth-order valence-corrected chi connectivity index (χ4v) is 7.15. The van der Waals surface area contributed by atoms with E-state index in [1.165, 1.54) is 6.07 Å². The molecule has 48 heavy (non-hydrogen) atoms. The van der Waals surface area contributed by atoms with Gasteiger partial charge in [-0.25, -0.2) is 14.2 Å². The Morgan fingerprint density at radius 1 is 1.12 bits per heavy atom. The van der Waals surface area contributed by atoms with Crippen molar-refractivity contribution < 1.29 is 18.7 Å². The molecule has 13 heteroatoms. The van der Waals surface area contributed by atoms with Crippen LogP contribution >= 0.6 is 11.6 Å². The lowest BCUT2D eigenvalue weighted by Gasteiger charge is -2.43. The zero-order chi connectivity index (χ0) is 33.6. The third kappa shape index (κ3) is 6.19. The Morgan fingerprint density at radius 3 is 2.71 bits per heavy atom. The lowest BCUT2D eigenvalue weighted by molar-refractivity contribution is 0.0144. The number of carbonyl (C=O) groups is 1. The normalized spacial score (nSPS) is 21.0. The van der Waals surface area contributed by atoms with Crippen molar-refractivity contribution in [2.75, 3.05) is 36.0 Å². The van der Waals surface area contributed by atoms with Crippen LogP contribution in [-0.2, 0) is 17.7 Å². The lowest BCUT2D eigenvalue weighted by Crippen LogP contribution is -2.56. The van der Waals surface area contributed by atoms with Gasteiger partial charge >= 0.3 is 12.1 Å². The van der Waals surface area contributed by atoms with Crippen LogP contribution in [0.1, 0.15) is 57.3 Å². The molecule has 1 amide bonds. The maximum atomic E-state index is 14.6. The van der Waals surface area contributed by atoms with Crippen molar-refractivity contribution >= 4 is 40.0 Å². The van der Waals surface area contributed by atoms with E-state index in [1.807, 2.05) is 45.2 Å². The quantitative estimate of drug-likeness (QED) is 0.233. The monoisotopic (exact) mass is 672 g/mol. The summed E-state index contributed by atoms with van der Waals surface area (Å²) in [6, 6.07) is 11.3. The molecule has 11 nitrogen and oxygen atoms in total. The van der Waals surface area contributed by atoms with Crippen LogP contribution < -0.4 is 14.5 Å². The molecule has 3 aliphatic rings. The molecule has 0 bridgehead atoms. The number of imidazole rings is 1. The van der Waals surface area contributed by atoms with Crippen molar-refractivity contribution in [2.24, 2.45) is 0 Å². The first-order chi connectivity index (χ1) is 23.1. The summed E-state index contributed by atoms with van der Waals surface area (Å²) in [6.07, 6.45) is 7.59. The van der Waals surface area contributed by atoms with Crippen LogP contribution in [0.4, 0.5) is 20.7 Å². The highest BCUT2D eigenvalue weighted by molar-refractivity contribution is 6.36. The molecule has 0 radical (unpaired) electrons. The van der Waals surface area contributed by atoms with Crippen LogP contribution in [0, 0.1) is 17.1 Å². The number of ether oxygens (including phenoxy) is 2. The first-order valence-corrected chi connectivity index (χ1v) is 16.7. The standard InChI is InChI=1S/C35H38ClFN8O3/c1-35(2,3)48-34(46)45-18-17-43(19-23(45)11-13-38)32-24-12-15-42(28-6-4-5-22-7-8-25(37)31(36)30(22)28)20-26(24)40-33(41-32)47-29-10-9-27(29)44-16-14-39-21-44/h4-8,14,16,21,23,27,29H,9-12,15,17-20H2,1-3H3/t23-,27?,29?/m0/s1. The largest absolute Gasteiger partial charge is 0.458 e. The zero-order valence-corrected chi connectivity index (χ0v) is 28.0. The van der Waals surface area contributed by atoms with Crippen molar-refractivity contribution in [3.8, 4) is 12.1 Å². The number of hydrogen-bond acceptors (Lipinski definition) is 9. The molecule has 2 aromatic heterocycles. The van der Waals surface area contributed by atoms with Crippen LogP contribution in [0.25, 0.3) is 10.8 Å². The van der Waals surface area contributed by atoms with Crippen LogP contribution in [0.3, 0.4) is 0 Å². The Hall–Kier alpha value is -4.63. The Bertz CT molecular complexity index is 1870. The number of benzene rings is 2. The summed E-state index contributed by atoms with van der Waals surface area (Å²) in [6.45, 7) is 7.89. The molecule has 2 aromatic carbocycles. The molecule has 250 valence electrons. The average molecular weight is 673 g/mol. The van der Waals surface area contributed by atoms with E-state index < -0.39 is 17.5 Å². The smallest absolute Gasteiger partial charge is 0.410 e. The van der Waals surface area contributed by atoms with Gasteiger partial charge in [-0.05, 0) is 57.6 Å². The second-order valence-corrected chi connectivity index (χ2v) is 14.0. The van der Waals surface area contributed by atoms with Gasteiger partial charge in [-0.1, -0.05) is 29.8 Å². The van der Waals surface area contributed by atoms with E-state index in [0.717, 1.165) is 41.0 Å². The molecule has 1 aliphatic carbocycles. The summed E-state index contributed by atoms with van der Waals surface area (Å²) in [5.41, 5.74) is 2.00. The van der Waals surface area contributed by atoms with Gasteiger partial charge in [-0.15, -0.1) is 0 Å². The maximum absolute atomic E-state index is 14.6. The number of fused-ring (bicyclic) bond motifs is 2. The van der Waals surface area contributed by atoms with Gasteiger partial charge in [0.2, 0.25) is 0 Å². The predicted molar refractivity (Wildman–Crippen MR) is 180 cm³/mol. The van der Waals surface area contributed by atoms with Crippen molar-refractivity contribution in [1.29, 1.82) is 5.26 Å². The molecule has 2 unspecified atom stereocenters. The van der Waals surface area contributed by atoms with E-state index in [9.17, 15) is 14.4 Å². The van der Waals surface area contributed by atoms with Gasteiger partial charge in [-0.2, -0.15) is 15.2 Å². The lowest BCUT2D eigenvalue weighted by atomic mass is 9.89. The average Bonchev–Trinajstić information content (AvgIpc) is 3.57. The number of nitrogens with zero attached hydrogens (tertiary/aromatic N) is 8. The zero-order valence-electron chi connectivity index (χ0n) is 27.3. The topological polar surface area (TPSA) is 113 Å². The van der Waals surface area contributed by atoms with Crippen LogP contribution in [0.2, 0.25) is 5.02 Å². The van der Waals surface area contributed by atoms with E-state index in [4.69, 9.17) is 31.0 Å². The number of carbonyl (C=O) groups excluding carboxylic acids is 1. The van der Waals surface area contributed by atoms with Crippen molar-refractivity contribution in [3.05, 3.63) is 71.2 Å². The number of hydrogen-bond donors (Lipinski definition) is 0. The summed E-state index contributed by atoms with van der Waals surface area (Å²) in [5.74, 6) is 0.293. The van der Waals surface area contributed by atoms with Crippen molar-refractivity contribution in [3.63, 3.8) is 0 Å². The highest BCUT2D eigenvalue weighted by Gasteiger charge is 2.38. The molecule has 2 fully saturated rings. The Balaban J connectivity index is 1.23. The molecule has 4 heterocycles. The molecule has 7 rings (SSSR count). The number of amides is 1. The van der Waals surface area contributed by atoms with Crippen LogP contribution in [-0.4, -0.2) is 74.4 Å². The van der Waals surface area contributed by atoms with Gasteiger partial charge < -0.3 is 28.7 Å². The SMILES string of the molecule is CC(C)(C)OC(=O)N1CCN(c2nc(OC3CCC3n3ccnc3)nc3c2CCN(c2cccc4ccc(F)c(Cl)c24)C3)C[C@@H]1CC#N. The molecule has 4 aromatic rings. The minimum atomic E-state index is -0.647. The van der Waals surface area contributed by atoms with Crippen LogP contribution in [0.5, 0.6) is 6.01 Å². The Kier molecular flexibility index (Phi) is 8.50. The van der Waals surface area contributed by atoms with Gasteiger partial charge in [0.1, 0.15) is 23.3 Å². The van der Waals surface area contributed by atoms with Gasteiger partial charge in [0.25, 0.3) is 0 Å². The molecular formula is C35H38ClFN8O3. The van der Waals surface area contributed by atoms with E-state index in [2.05, 4.69) is 25.4 Å². The number of halogens is 2. The maximum Gasteiger partial charge on any atom is 0.410 e. The van der Waals surface area contributed by atoms with Gasteiger partial charge in [0, 0.05) is 55.2 Å². The minimum absolute atomic E-state index is 0.100. The van der Waals surface area contributed by atoms with Crippen LogP contribution in [0.15, 0.2) is 49.1 Å². The first kappa shape index (κ1) is 31.9. The van der Waals surface area contributed by atoms with Crippen molar-refractivity contribution in [2.45, 2.75) is 76.8 Å². The minimum Gasteiger partial charge on any atom is -0.458 e. The summed E-state index contributed by atoms with van der Waals surface area (Å²) in [7, 11) is 0. The van der Waals surface area contributed by atoms with E-state index in [0.29, 0.717) is 44.5 Å². The fraction of sp³-hybridized carbons (Fsp3) is 0.457. The molecule has 0 N–H and O–H groups in total. The second kappa shape index (κ2) is 12.8. The van der Waals surface area contributed by atoms with E-state index in [-0.39, 0.29) is 35.6 Å². The first-order valence-electron chi connectivity index (χ1n) is 16.4. The third-order valence-corrected chi connectivity index (χ3v) is 9.72. The highest BCUT2D eigenvalue weighted by atomic mass is 35.5. The van der Waals surface area contributed by atoms with E-state index in [1.54, 1.807) is 23.5 Å². The summed E-state index contributed by atoms with van der Waals surface area (Å²) < 4.78 is 28.9. The molecule has 1 saturated heterocycles. The van der Waals surface area contributed by atoms with Crippen molar-refractivity contribution in [1.82, 2.24) is 24.4 Å². The van der Waals surface area contributed by atoms with Gasteiger partial charge in [0.05, 0.1) is 48.2 Å². The van der Waals surface area contributed by atoms with Gasteiger partial charge in [-0.3, -0.25) is 0 Å². The van der Waals surface area contributed by atoms with Gasteiger partial charge in [0.15, 0.2) is 0 Å². The predicted octanol–water partition coefficient (Wildman–Crippen LogP) is 6.30. The Morgan fingerprint density at radius 2 is 1.98 bits per heavy atom. The number of nitriles is 1. The molecule has 1 saturated carbocycles. The third-order valence-electron chi connectivity index (χ3n) is 9.35. The fourth-order valence-electron chi connectivity index (χ4n) is 6.88. The summed E-state index contributed by atoms with van der Waals surface area (Å²) in [5, 5.41) is 11.3. The summed E-state index contributed by atoms with van der Waals surface area (Å²) in [4.78, 5) is 33.3.